The molecule has 51 heavy (non-hydrogen) atoms. The molecule has 0 aromatic heterocycles. The third-order valence-electron chi connectivity index (χ3n) is 11.9. The zero-order valence-electron chi connectivity index (χ0n) is 31.8. The molecule has 1 aliphatic heterocycles. The molecule has 3 saturated carbocycles. The van der Waals surface area contributed by atoms with Crippen molar-refractivity contribution in [1.29, 1.82) is 0 Å². The van der Waals surface area contributed by atoms with Crippen LogP contribution in [-0.2, 0) is 16.2 Å². The number of benzene rings is 2. The van der Waals surface area contributed by atoms with Gasteiger partial charge in [0.05, 0.1) is 31.9 Å². The molecule has 1 saturated heterocycles. The Labute approximate surface area is 303 Å². The maximum Gasteiger partial charge on any atom is 0.254 e. The number of amides is 2. The second-order valence-corrected chi connectivity index (χ2v) is 16.5. The van der Waals surface area contributed by atoms with Gasteiger partial charge >= 0.3 is 0 Å². The SMILES string of the molecule is COc1c(CN2O[C@@H](CO)[C@@H]([C@H](C)O)[C@H]2C(=O)N[C@H]2C[C@H]3C[C@@H]([C@@H]2C)C3(C)C)cccc1-c1ccc(F)c(C(=O)NC(CC(C)C)CN(C)C)c1. The summed E-state index contributed by atoms with van der Waals surface area (Å²) in [7, 11) is 5.42. The van der Waals surface area contributed by atoms with Crippen LogP contribution in [0.1, 0.15) is 76.7 Å². The van der Waals surface area contributed by atoms with E-state index >= 15 is 4.39 Å². The van der Waals surface area contributed by atoms with Crippen LogP contribution in [0.5, 0.6) is 5.75 Å². The van der Waals surface area contributed by atoms with E-state index in [9.17, 15) is 19.8 Å². The molecule has 11 heteroatoms. The molecule has 9 atom stereocenters. The second kappa shape index (κ2) is 15.9. The van der Waals surface area contributed by atoms with Crippen molar-refractivity contribution in [2.45, 2.75) is 97.7 Å². The van der Waals surface area contributed by atoms with Crippen molar-refractivity contribution in [3.63, 3.8) is 0 Å². The van der Waals surface area contributed by atoms with Gasteiger partial charge in [-0.2, -0.15) is 5.06 Å². The largest absolute Gasteiger partial charge is 0.496 e. The number of likely N-dealkylation sites (N-methyl/N-ethyl adjacent to an activating group) is 1. The van der Waals surface area contributed by atoms with Crippen molar-refractivity contribution in [3.8, 4) is 16.9 Å². The molecule has 2 aromatic rings. The Balaban J connectivity index is 1.41. The number of rotatable bonds is 14. The Morgan fingerprint density at radius 1 is 1.16 bits per heavy atom. The fourth-order valence-corrected chi connectivity index (χ4v) is 9.15. The highest BCUT2D eigenvalue weighted by atomic mass is 19.1. The van der Waals surface area contributed by atoms with Gasteiger partial charge in [0.25, 0.3) is 5.91 Å². The number of carbonyl (C=O) groups excluding carboxylic acids is 2. The quantitative estimate of drug-likeness (QED) is 0.219. The lowest BCUT2D eigenvalue weighted by Crippen LogP contribution is -2.62. The number of aliphatic hydroxyl groups excluding tert-OH is 2. The number of hydrogen-bond acceptors (Lipinski definition) is 8. The standard InChI is InChI=1S/C40H59FN4O6/c1-22(2)15-28(20-44(7)8)42-38(48)30-16-25(13-14-32(30)41)29-12-10-11-26(37(29)50-9)19-45-36(35(24(4)47)34(21-46)51-45)39(49)43-33-18-27-17-31(23(33)3)40(27,5)6/h10-14,16,22-24,27-28,31,33-36,46-47H,15,17-21H2,1-9H3,(H,42,48)(H,43,49)/t23-,24-,27+,28?,31-,33-,34-,35+,36-/m0/s1. The van der Waals surface area contributed by atoms with Crippen molar-refractivity contribution in [3.05, 3.63) is 53.3 Å². The van der Waals surface area contributed by atoms with Gasteiger partial charge in [0, 0.05) is 35.7 Å². The first-order chi connectivity index (χ1) is 24.1. The topological polar surface area (TPSA) is 124 Å². The van der Waals surface area contributed by atoms with Crippen LogP contribution in [0.25, 0.3) is 11.1 Å². The van der Waals surface area contributed by atoms with E-state index < -0.39 is 35.9 Å². The Morgan fingerprint density at radius 3 is 2.47 bits per heavy atom. The monoisotopic (exact) mass is 710 g/mol. The molecule has 4 aliphatic rings. The number of para-hydroxylation sites is 1. The fraction of sp³-hybridized carbons (Fsp3) is 0.650. The number of hydrogen-bond donors (Lipinski definition) is 4. The summed E-state index contributed by atoms with van der Waals surface area (Å²) in [6.45, 7) is 13.0. The molecule has 3 aliphatic carbocycles. The van der Waals surface area contributed by atoms with E-state index in [1.54, 1.807) is 31.2 Å². The van der Waals surface area contributed by atoms with E-state index in [1.165, 1.54) is 12.5 Å². The maximum atomic E-state index is 15.2. The summed E-state index contributed by atoms with van der Waals surface area (Å²) in [6.07, 6.45) is 1.15. The number of fused-ring (bicyclic) bond motifs is 2. The minimum atomic E-state index is -0.922. The first-order valence-corrected chi connectivity index (χ1v) is 18.5. The van der Waals surface area contributed by atoms with Crippen LogP contribution in [0.2, 0.25) is 0 Å². The molecule has 2 aromatic carbocycles. The summed E-state index contributed by atoms with van der Waals surface area (Å²) in [5, 5.41) is 29.0. The summed E-state index contributed by atoms with van der Waals surface area (Å²) in [5.41, 5.74) is 2.12. The zero-order chi connectivity index (χ0) is 37.4. The van der Waals surface area contributed by atoms with Crippen LogP contribution in [0, 0.1) is 40.8 Å². The molecule has 2 bridgehead atoms. The normalized spacial score (nSPS) is 28.3. The van der Waals surface area contributed by atoms with Gasteiger partial charge in [-0.05, 0) is 87.1 Å². The van der Waals surface area contributed by atoms with Gasteiger partial charge in [-0.25, -0.2) is 4.39 Å². The zero-order valence-corrected chi connectivity index (χ0v) is 31.8. The van der Waals surface area contributed by atoms with Gasteiger partial charge in [-0.15, -0.1) is 0 Å². The molecular weight excluding hydrogens is 651 g/mol. The van der Waals surface area contributed by atoms with Crippen LogP contribution in [0.4, 0.5) is 4.39 Å². The molecule has 2 amide bonds. The molecular formula is C40H59FN4O6. The van der Waals surface area contributed by atoms with Crippen LogP contribution >= 0.6 is 0 Å². The lowest BCUT2D eigenvalue weighted by molar-refractivity contribution is -0.183. The van der Waals surface area contributed by atoms with E-state index in [2.05, 4.69) is 45.3 Å². The fourth-order valence-electron chi connectivity index (χ4n) is 9.15. The predicted octanol–water partition coefficient (Wildman–Crippen LogP) is 4.87. The number of ether oxygens (including phenoxy) is 1. The molecule has 4 fully saturated rings. The third-order valence-corrected chi connectivity index (χ3v) is 11.9. The number of halogens is 1. The van der Waals surface area contributed by atoms with Crippen molar-refractivity contribution in [2.24, 2.45) is 35.0 Å². The van der Waals surface area contributed by atoms with E-state index in [1.807, 2.05) is 37.2 Å². The van der Waals surface area contributed by atoms with Crippen LogP contribution in [0.3, 0.4) is 0 Å². The van der Waals surface area contributed by atoms with Crippen LogP contribution < -0.4 is 15.4 Å². The number of hydroxylamine groups is 2. The van der Waals surface area contributed by atoms with Gasteiger partial charge in [0.15, 0.2) is 0 Å². The molecule has 4 N–H and O–H groups in total. The van der Waals surface area contributed by atoms with Crippen molar-refractivity contribution >= 4 is 11.8 Å². The number of nitrogens with one attached hydrogen (secondary N) is 2. The Kier molecular flexibility index (Phi) is 12.2. The molecule has 1 unspecified atom stereocenters. The summed E-state index contributed by atoms with van der Waals surface area (Å²) in [6, 6.07) is 8.99. The van der Waals surface area contributed by atoms with Crippen molar-refractivity contribution < 1.29 is 33.8 Å². The number of nitrogens with zero attached hydrogens (tertiary/aromatic N) is 2. The molecule has 6 rings (SSSR count). The first kappa shape index (κ1) is 39.1. The average molecular weight is 711 g/mol. The number of carbonyl (C=O) groups is 2. The molecule has 0 radical (unpaired) electrons. The average Bonchev–Trinajstić information content (AvgIpc) is 3.43. The smallest absolute Gasteiger partial charge is 0.254 e. The van der Waals surface area contributed by atoms with E-state index in [0.717, 1.165) is 12.8 Å². The number of aliphatic hydroxyl groups is 2. The molecule has 0 spiro atoms. The van der Waals surface area contributed by atoms with E-state index in [4.69, 9.17) is 9.57 Å². The molecule has 282 valence electrons. The third kappa shape index (κ3) is 8.13. The van der Waals surface area contributed by atoms with Crippen molar-refractivity contribution in [1.82, 2.24) is 20.6 Å². The molecule has 10 nitrogen and oxygen atoms in total. The Morgan fingerprint density at radius 2 is 1.88 bits per heavy atom. The van der Waals surface area contributed by atoms with Crippen molar-refractivity contribution in [2.75, 3.05) is 34.4 Å². The highest BCUT2D eigenvalue weighted by Gasteiger charge is 2.57. The lowest BCUT2D eigenvalue weighted by Gasteiger charge is -2.62. The predicted molar refractivity (Wildman–Crippen MR) is 195 cm³/mol. The van der Waals surface area contributed by atoms with Gasteiger partial charge in [0.1, 0.15) is 23.7 Å². The van der Waals surface area contributed by atoms with E-state index in [0.29, 0.717) is 52.7 Å². The first-order valence-electron chi connectivity index (χ1n) is 18.5. The highest BCUT2D eigenvalue weighted by molar-refractivity contribution is 5.96. The van der Waals surface area contributed by atoms with Crippen LogP contribution in [-0.4, -0.2) is 96.7 Å². The second-order valence-electron chi connectivity index (χ2n) is 16.5. The molecule has 1 heterocycles. The minimum absolute atomic E-state index is 0.0187. The Bertz CT molecular complexity index is 1540. The highest BCUT2D eigenvalue weighted by Crippen LogP contribution is 2.61. The maximum absolute atomic E-state index is 15.2. The number of methoxy groups -OCH3 is 1. The Hall–Kier alpha value is -3.09. The van der Waals surface area contributed by atoms with Gasteiger partial charge in [-0.3, -0.25) is 14.4 Å². The summed E-state index contributed by atoms with van der Waals surface area (Å²) in [4.78, 5) is 35.8. The summed E-state index contributed by atoms with van der Waals surface area (Å²) in [5.74, 6) is 0.240. The van der Waals surface area contributed by atoms with E-state index in [-0.39, 0.29) is 42.1 Å². The van der Waals surface area contributed by atoms with Gasteiger partial charge in [-0.1, -0.05) is 58.9 Å². The van der Waals surface area contributed by atoms with Gasteiger partial charge < -0.3 is 30.5 Å². The lowest BCUT2D eigenvalue weighted by atomic mass is 9.45. The van der Waals surface area contributed by atoms with Gasteiger partial charge in [0.2, 0.25) is 5.91 Å². The van der Waals surface area contributed by atoms with Crippen LogP contribution in [0.15, 0.2) is 36.4 Å². The minimum Gasteiger partial charge on any atom is -0.496 e. The summed E-state index contributed by atoms with van der Waals surface area (Å²) < 4.78 is 21.1. The summed E-state index contributed by atoms with van der Waals surface area (Å²) >= 11 is 0.